The van der Waals surface area contributed by atoms with E-state index in [1.807, 2.05) is 18.3 Å². The molecule has 0 saturated carbocycles. The zero-order valence-electron chi connectivity index (χ0n) is 10.7. The molecular formula is C14H17N5. The molecule has 0 aliphatic carbocycles. The van der Waals surface area contributed by atoms with Crippen LogP contribution in [0.1, 0.15) is 30.0 Å². The van der Waals surface area contributed by atoms with Crippen molar-refractivity contribution in [3.63, 3.8) is 0 Å². The third-order valence-corrected chi connectivity index (χ3v) is 3.60. The van der Waals surface area contributed by atoms with Gasteiger partial charge in [0.25, 0.3) is 0 Å². The Kier molecular flexibility index (Phi) is 3.37. The lowest BCUT2D eigenvalue weighted by Gasteiger charge is -2.26. The highest BCUT2D eigenvalue weighted by Crippen LogP contribution is 2.35. The molecule has 1 saturated heterocycles. The Bertz CT molecular complexity index is 543. The lowest BCUT2D eigenvalue weighted by atomic mass is 10.1. The molecule has 3 heterocycles. The molecule has 1 aliphatic rings. The number of aromatic nitrogens is 3. The van der Waals surface area contributed by atoms with Gasteiger partial charge in [-0.15, -0.1) is 5.10 Å². The van der Waals surface area contributed by atoms with Crippen LogP contribution in [0.25, 0.3) is 0 Å². The maximum atomic E-state index is 5.80. The Morgan fingerprint density at radius 3 is 3.05 bits per heavy atom. The van der Waals surface area contributed by atoms with Crippen LogP contribution in [-0.2, 0) is 6.54 Å². The molecule has 19 heavy (non-hydrogen) atoms. The fourth-order valence-electron chi connectivity index (χ4n) is 2.69. The standard InChI is InChI=1S/C14H17N5/c15-9-11-5-7-17-18-14(11)19-8-2-4-13(19)12-3-1-6-16-10-12/h1,3,5-7,10,13H,2,4,8-9,15H2. The van der Waals surface area contributed by atoms with Gasteiger partial charge >= 0.3 is 0 Å². The summed E-state index contributed by atoms with van der Waals surface area (Å²) in [6.45, 7) is 1.48. The smallest absolute Gasteiger partial charge is 0.156 e. The second kappa shape index (κ2) is 5.32. The van der Waals surface area contributed by atoms with Crippen LogP contribution < -0.4 is 10.6 Å². The molecule has 98 valence electrons. The number of pyridine rings is 1. The van der Waals surface area contributed by atoms with Crippen molar-refractivity contribution < 1.29 is 0 Å². The van der Waals surface area contributed by atoms with Gasteiger partial charge in [0.05, 0.1) is 12.2 Å². The van der Waals surface area contributed by atoms with Crippen LogP contribution in [0.4, 0.5) is 5.82 Å². The van der Waals surface area contributed by atoms with Crippen LogP contribution >= 0.6 is 0 Å². The molecule has 1 fully saturated rings. The molecule has 5 nitrogen and oxygen atoms in total. The minimum Gasteiger partial charge on any atom is -0.348 e. The SMILES string of the molecule is NCc1ccnnc1N1CCCC1c1cccnc1. The lowest BCUT2D eigenvalue weighted by Crippen LogP contribution is -2.25. The molecule has 1 aliphatic heterocycles. The van der Waals surface area contributed by atoms with Gasteiger partial charge < -0.3 is 10.6 Å². The van der Waals surface area contributed by atoms with Crippen molar-refractivity contribution in [1.82, 2.24) is 15.2 Å². The second-order valence-corrected chi connectivity index (χ2v) is 4.72. The number of rotatable bonds is 3. The first kappa shape index (κ1) is 12.0. The summed E-state index contributed by atoms with van der Waals surface area (Å²) in [5, 5.41) is 8.29. The van der Waals surface area contributed by atoms with Gasteiger partial charge in [-0.2, -0.15) is 5.10 Å². The van der Waals surface area contributed by atoms with Crippen molar-refractivity contribution in [1.29, 1.82) is 0 Å². The minimum absolute atomic E-state index is 0.329. The van der Waals surface area contributed by atoms with Gasteiger partial charge in [0.2, 0.25) is 0 Å². The Morgan fingerprint density at radius 2 is 2.26 bits per heavy atom. The van der Waals surface area contributed by atoms with E-state index in [0.29, 0.717) is 12.6 Å². The maximum absolute atomic E-state index is 5.80. The Hall–Kier alpha value is -2.01. The predicted molar refractivity (Wildman–Crippen MR) is 73.5 cm³/mol. The van der Waals surface area contributed by atoms with Gasteiger partial charge in [0.15, 0.2) is 5.82 Å². The molecule has 0 aromatic carbocycles. The summed E-state index contributed by atoms with van der Waals surface area (Å²) in [4.78, 5) is 6.51. The van der Waals surface area contributed by atoms with Crippen LogP contribution in [0.15, 0.2) is 36.8 Å². The lowest BCUT2D eigenvalue weighted by molar-refractivity contribution is 0.697. The van der Waals surface area contributed by atoms with Crippen molar-refractivity contribution in [2.75, 3.05) is 11.4 Å². The highest BCUT2D eigenvalue weighted by Gasteiger charge is 2.28. The van der Waals surface area contributed by atoms with E-state index in [-0.39, 0.29) is 0 Å². The molecule has 1 unspecified atom stereocenters. The van der Waals surface area contributed by atoms with Crippen LogP contribution in [0.5, 0.6) is 0 Å². The molecule has 3 rings (SSSR count). The van der Waals surface area contributed by atoms with E-state index in [2.05, 4.69) is 26.1 Å². The molecule has 0 amide bonds. The molecular weight excluding hydrogens is 238 g/mol. The van der Waals surface area contributed by atoms with Gasteiger partial charge in [-0.1, -0.05) is 6.07 Å². The number of nitrogens with zero attached hydrogens (tertiary/aromatic N) is 4. The number of hydrogen-bond donors (Lipinski definition) is 1. The average Bonchev–Trinajstić information content (AvgIpc) is 2.97. The van der Waals surface area contributed by atoms with E-state index in [0.717, 1.165) is 30.8 Å². The monoisotopic (exact) mass is 255 g/mol. The fraction of sp³-hybridized carbons (Fsp3) is 0.357. The first-order valence-electron chi connectivity index (χ1n) is 6.57. The van der Waals surface area contributed by atoms with Gasteiger partial charge in [0.1, 0.15) is 0 Å². The van der Waals surface area contributed by atoms with E-state index in [1.165, 1.54) is 5.56 Å². The molecule has 0 radical (unpaired) electrons. The number of hydrogen-bond acceptors (Lipinski definition) is 5. The zero-order valence-corrected chi connectivity index (χ0v) is 10.7. The first-order chi connectivity index (χ1) is 9.40. The van der Waals surface area contributed by atoms with E-state index in [4.69, 9.17) is 5.73 Å². The quantitative estimate of drug-likeness (QED) is 0.903. The van der Waals surface area contributed by atoms with Crippen LogP contribution in [0.3, 0.4) is 0 Å². The van der Waals surface area contributed by atoms with E-state index >= 15 is 0 Å². The summed E-state index contributed by atoms with van der Waals surface area (Å²) in [5.74, 6) is 0.913. The predicted octanol–water partition coefficient (Wildman–Crippen LogP) is 1.67. The van der Waals surface area contributed by atoms with Crippen molar-refractivity contribution in [3.8, 4) is 0 Å². The average molecular weight is 255 g/mol. The maximum Gasteiger partial charge on any atom is 0.156 e. The van der Waals surface area contributed by atoms with Crippen LogP contribution in [0.2, 0.25) is 0 Å². The fourth-order valence-corrected chi connectivity index (χ4v) is 2.69. The van der Waals surface area contributed by atoms with E-state index in [1.54, 1.807) is 12.4 Å². The molecule has 2 aromatic rings. The Balaban J connectivity index is 1.95. The largest absolute Gasteiger partial charge is 0.348 e. The van der Waals surface area contributed by atoms with Gasteiger partial charge in [-0.05, 0) is 30.5 Å². The normalized spacial score (nSPS) is 18.8. The summed E-state index contributed by atoms with van der Waals surface area (Å²) in [7, 11) is 0. The first-order valence-corrected chi connectivity index (χ1v) is 6.57. The minimum atomic E-state index is 0.329. The third-order valence-electron chi connectivity index (χ3n) is 3.60. The van der Waals surface area contributed by atoms with Gasteiger partial charge in [-0.25, -0.2) is 0 Å². The van der Waals surface area contributed by atoms with Crippen LogP contribution in [-0.4, -0.2) is 21.7 Å². The Labute approximate surface area is 112 Å². The molecule has 5 heteroatoms. The Morgan fingerprint density at radius 1 is 1.32 bits per heavy atom. The summed E-state index contributed by atoms with van der Waals surface area (Å²) in [5.41, 5.74) is 8.07. The van der Waals surface area contributed by atoms with Crippen molar-refractivity contribution >= 4 is 5.82 Å². The summed E-state index contributed by atoms with van der Waals surface area (Å²) in [6, 6.07) is 6.37. The number of nitrogens with two attached hydrogens (primary N) is 1. The van der Waals surface area contributed by atoms with Crippen molar-refractivity contribution in [3.05, 3.63) is 47.9 Å². The zero-order chi connectivity index (χ0) is 13.1. The molecule has 0 spiro atoms. The molecule has 2 N–H and O–H groups in total. The van der Waals surface area contributed by atoms with Gasteiger partial charge in [-0.3, -0.25) is 4.98 Å². The van der Waals surface area contributed by atoms with E-state index < -0.39 is 0 Å². The molecule has 2 aromatic heterocycles. The van der Waals surface area contributed by atoms with Crippen molar-refractivity contribution in [2.45, 2.75) is 25.4 Å². The molecule has 1 atom stereocenters. The number of anilines is 1. The summed E-state index contributed by atoms with van der Waals surface area (Å²) < 4.78 is 0. The van der Waals surface area contributed by atoms with E-state index in [9.17, 15) is 0 Å². The highest BCUT2D eigenvalue weighted by atomic mass is 15.3. The third kappa shape index (κ3) is 2.29. The van der Waals surface area contributed by atoms with Crippen molar-refractivity contribution in [2.24, 2.45) is 5.73 Å². The molecule has 0 bridgehead atoms. The summed E-state index contributed by atoms with van der Waals surface area (Å²) >= 11 is 0. The summed E-state index contributed by atoms with van der Waals surface area (Å²) in [6.07, 6.45) is 7.70. The van der Waals surface area contributed by atoms with Crippen LogP contribution in [0, 0.1) is 0 Å². The highest BCUT2D eigenvalue weighted by molar-refractivity contribution is 5.49. The second-order valence-electron chi connectivity index (χ2n) is 4.72. The van der Waals surface area contributed by atoms with Gasteiger partial charge in [0, 0.05) is 31.0 Å². The topological polar surface area (TPSA) is 67.9 Å².